The Morgan fingerprint density at radius 1 is 1.60 bits per heavy atom. The fraction of sp³-hybridized carbons (Fsp3) is 1.00. The molecule has 0 aromatic carbocycles. The lowest BCUT2D eigenvalue weighted by Crippen LogP contribution is -2.66. The van der Waals surface area contributed by atoms with Crippen LogP contribution in [0.15, 0.2) is 0 Å². The minimum Gasteiger partial charge on any atom is -0.379 e. The highest BCUT2D eigenvalue weighted by Gasteiger charge is 2.49. The number of hydrazine groups is 1. The highest BCUT2D eigenvalue weighted by Crippen LogP contribution is 2.35. The first-order chi connectivity index (χ1) is 4.84. The fourth-order valence-corrected chi connectivity index (χ4v) is 2.11. The van der Waals surface area contributed by atoms with E-state index in [0.29, 0.717) is 12.1 Å². The second-order valence-corrected chi connectivity index (χ2v) is 3.19. The smallest absolute Gasteiger partial charge is 0.0640 e. The van der Waals surface area contributed by atoms with Crippen molar-refractivity contribution in [2.45, 2.75) is 25.4 Å². The van der Waals surface area contributed by atoms with Gasteiger partial charge in [-0.05, 0) is 6.42 Å². The van der Waals surface area contributed by atoms with E-state index in [2.05, 4.69) is 6.92 Å². The van der Waals surface area contributed by atoms with E-state index < -0.39 is 0 Å². The van der Waals surface area contributed by atoms with Crippen molar-refractivity contribution in [3.8, 4) is 0 Å². The molecular formula is C7H14N2O. The van der Waals surface area contributed by atoms with E-state index in [0.717, 1.165) is 25.6 Å². The lowest BCUT2D eigenvalue weighted by molar-refractivity contribution is -0.0288. The van der Waals surface area contributed by atoms with E-state index in [1.165, 1.54) is 0 Å². The van der Waals surface area contributed by atoms with Gasteiger partial charge < -0.3 is 4.74 Å². The maximum Gasteiger partial charge on any atom is 0.0640 e. The average molecular weight is 142 g/mol. The van der Waals surface area contributed by atoms with Gasteiger partial charge in [0.05, 0.1) is 19.3 Å². The number of hydrogen-bond acceptors (Lipinski definition) is 3. The highest BCUT2D eigenvalue weighted by molar-refractivity contribution is 5.00. The van der Waals surface area contributed by atoms with Gasteiger partial charge in [-0.2, -0.15) is 0 Å². The lowest BCUT2D eigenvalue weighted by Gasteiger charge is -2.47. The summed E-state index contributed by atoms with van der Waals surface area (Å²) in [6, 6.07) is 1.12. The summed E-state index contributed by atoms with van der Waals surface area (Å²) >= 11 is 0. The Balaban J connectivity index is 2.01. The molecule has 2 N–H and O–H groups in total. The molecule has 10 heavy (non-hydrogen) atoms. The van der Waals surface area contributed by atoms with Crippen molar-refractivity contribution in [2.24, 2.45) is 11.8 Å². The molecule has 3 atom stereocenters. The van der Waals surface area contributed by atoms with Crippen molar-refractivity contribution < 1.29 is 4.74 Å². The van der Waals surface area contributed by atoms with Crippen molar-refractivity contribution in [2.75, 3.05) is 13.2 Å². The number of nitrogens with two attached hydrogens (primary N) is 1. The summed E-state index contributed by atoms with van der Waals surface area (Å²) in [5.41, 5.74) is 0. The van der Waals surface area contributed by atoms with Gasteiger partial charge in [0, 0.05) is 12.0 Å². The van der Waals surface area contributed by atoms with Crippen LogP contribution in [0.4, 0.5) is 0 Å². The van der Waals surface area contributed by atoms with E-state index in [-0.39, 0.29) is 0 Å². The van der Waals surface area contributed by atoms with Gasteiger partial charge in [-0.15, -0.1) is 0 Å². The molecule has 0 aromatic heterocycles. The third-order valence-electron chi connectivity index (χ3n) is 2.77. The van der Waals surface area contributed by atoms with Gasteiger partial charge in [0.2, 0.25) is 0 Å². The standard InChI is InChI=1S/C7H14N2O/c1-2-6-5-3-10-4-7(5)9(6)8/h5-7H,2-4,8H2,1H3/t5-,6-,7-/m1/s1. The summed E-state index contributed by atoms with van der Waals surface area (Å²) in [4.78, 5) is 0. The van der Waals surface area contributed by atoms with E-state index in [9.17, 15) is 0 Å². The maximum absolute atomic E-state index is 5.77. The van der Waals surface area contributed by atoms with Gasteiger partial charge in [-0.3, -0.25) is 5.84 Å². The summed E-state index contributed by atoms with van der Waals surface area (Å²) < 4.78 is 5.31. The van der Waals surface area contributed by atoms with Gasteiger partial charge in [-0.1, -0.05) is 6.92 Å². The zero-order chi connectivity index (χ0) is 7.14. The molecular weight excluding hydrogens is 128 g/mol. The van der Waals surface area contributed by atoms with Crippen LogP contribution in [0, 0.1) is 5.92 Å². The molecule has 2 saturated heterocycles. The van der Waals surface area contributed by atoms with E-state index >= 15 is 0 Å². The number of nitrogens with zero attached hydrogens (tertiary/aromatic N) is 1. The normalized spacial score (nSPS) is 46.8. The molecule has 2 rings (SSSR count). The monoisotopic (exact) mass is 142 g/mol. The van der Waals surface area contributed by atoms with Crippen molar-refractivity contribution in [3.63, 3.8) is 0 Å². The van der Waals surface area contributed by atoms with Crippen molar-refractivity contribution in [1.29, 1.82) is 0 Å². The maximum atomic E-state index is 5.77. The molecule has 3 nitrogen and oxygen atoms in total. The molecule has 58 valence electrons. The van der Waals surface area contributed by atoms with Gasteiger partial charge in [0.25, 0.3) is 0 Å². The second-order valence-electron chi connectivity index (χ2n) is 3.19. The first kappa shape index (κ1) is 6.58. The van der Waals surface area contributed by atoms with Crippen LogP contribution >= 0.6 is 0 Å². The third kappa shape index (κ3) is 0.654. The molecule has 0 unspecified atom stereocenters. The predicted octanol–water partition coefficient (Wildman–Crippen LogP) is -0.0307. The highest BCUT2D eigenvalue weighted by atomic mass is 16.5. The molecule has 2 aliphatic rings. The molecule has 3 heteroatoms. The van der Waals surface area contributed by atoms with Gasteiger partial charge in [-0.25, -0.2) is 5.01 Å². The van der Waals surface area contributed by atoms with Crippen LogP contribution in [0.25, 0.3) is 0 Å². The SMILES string of the molecule is CC[C@@H]1[C@H]2COC[C@H]2N1N. The fourth-order valence-electron chi connectivity index (χ4n) is 2.11. The van der Waals surface area contributed by atoms with E-state index in [1.807, 2.05) is 5.01 Å². The third-order valence-corrected chi connectivity index (χ3v) is 2.77. The Morgan fingerprint density at radius 2 is 2.40 bits per heavy atom. The largest absolute Gasteiger partial charge is 0.379 e. The van der Waals surface area contributed by atoms with Crippen molar-refractivity contribution in [1.82, 2.24) is 5.01 Å². The van der Waals surface area contributed by atoms with Crippen LogP contribution in [0.2, 0.25) is 0 Å². The molecule has 0 aliphatic carbocycles. The summed E-state index contributed by atoms with van der Waals surface area (Å²) in [7, 11) is 0. The van der Waals surface area contributed by atoms with E-state index in [1.54, 1.807) is 0 Å². The van der Waals surface area contributed by atoms with Crippen LogP contribution < -0.4 is 5.84 Å². The molecule has 2 aliphatic heterocycles. The number of hydrogen-bond donors (Lipinski definition) is 1. The van der Waals surface area contributed by atoms with Crippen LogP contribution in [-0.4, -0.2) is 30.3 Å². The minimum atomic E-state index is 0.532. The number of rotatable bonds is 1. The zero-order valence-electron chi connectivity index (χ0n) is 6.29. The molecule has 0 radical (unpaired) electrons. The molecule has 0 aromatic rings. The first-order valence-electron chi connectivity index (χ1n) is 3.95. The Labute approximate surface area is 61.1 Å². The summed E-state index contributed by atoms with van der Waals surface area (Å²) in [5, 5.41) is 1.96. The Bertz CT molecular complexity index is 140. The predicted molar refractivity (Wildman–Crippen MR) is 38.2 cm³/mol. The molecule has 0 spiro atoms. The summed E-state index contributed by atoms with van der Waals surface area (Å²) in [6.45, 7) is 3.95. The lowest BCUT2D eigenvalue weighted by atomic mass is 9.83. The minimum absolute atomic E-state index is 0.532. The second kappa shape index (κ2) is 2.19. The average Bonchev–Trinajstić information content (AvgIpc) is 2.33. The van der Waals surface area contributed by atoms with Gasteiger partial charge in [0.15, 0.2) is 0 Å². The molecule has 0 saturated carbocycles. The quantitative estimate of drug-likeness (QED) is 0.522. The summed E-state index contributed by atoms with van der Waals surface area (Å²) in [6.07, 6.45) is 1.15. The van der Waals surface area contributed by atoms with Crippen LogP contribution in [0.3, 0.4) is 0 Å². The van der Waals surface area contributed by atoms with Crippen molar-refractivity contribution >= 4 is 0 Å². The Hall–Kier alpha value is -0.120. The molecule has 2 fully saturated rings. The Kier molecular flexibility index (Phi) is 1.44. The number of ether oxygens (including phenoxy) is 1. The van der Waals surface area contributed by atoms with Crippen LogP contribution in [0.1, 0.15) is 13.3 Å². The molecule has 0 bridgehead atoms. The topological polar surface area (TPSA) is 38.5 Å². The molecule has 2 heterocycles. The zero-order valence-corrected chi connectivity index (χ0v) is 6.29. The van der Waals surface area contributed by atoms with E-state index in [4.69, 9.17) is 10.6 Å². The van der Waals surface area contributed by atoms with Gasteiger partial charge >= 0.3 is 0 Å². The molecule has 0 amide bonds. The first-order valence-corrected chi connectivity index (χ1v) is 3.95. The van der Waals surface area contributed by atoms with Crippen LogP contribution in [0.5, 0.6) is 0 Å². The Morgan fingerprint density at radius 3 is 3.10 bits per heavy atom. The summed E-state index contributed by atoms with van der Waals surface area (Å²) in [5.74, 6) is 6.50. The van der Waals surface area contributed by atoms with Crippen LogP contribution in [-0.2, 0) is 4.74 Å². The van der Waals surface area contributed by atoms with Gasteiger partial charge in [0.1, 0.15) is 0 Å². The number of fused-ring (bicyclic) bond motifs is 1. The van der Waals surface area contributed by atoms with Crippen molar-refractivity contribution in [3.05, 3.63) is 0 Å².